The van der Waals surface area contributed by atoms with Gasteiger partial charge in [-0.1, -0.05) is 39.0 Å². The summed E-state index contributed by atoms with van der Waals surface area (Å²) in [5.41, 5.74) is -5.38. The van der Waals surface area contributed by atoms with Crippen molar-refractivity contribution in [2.45, 2.75) is 153 Å². The number of rotatable bonds is 11. The summed E-state index contributed by atoms with van der Waals surface area (Å²) in [5, 5.41) is 40.2. The zero-order valence-electron chi connectivity index (χ0n) is 37.6. The second-order valence-electron chi connectivity index (χ2n) is 19.9. The molecule has 6 aliphatic rings. The van der Waals surface area contributed by atoms with Gasteiger partial charge in [0.2, 0.25) is 0 Å². The number of carbonyl (C=O) groups excluding carboxylic acids is 4. The average molecular weight is 912 g/mol. The van der Waals surface area contributed by atoms with Gasteiger partial charge in [0.1, 0.15) is 46.7 Å². The molecule has 1 aromatic heterocycles. The van der Waals surface area contributed by atoms with Crippen molar-refractivity contribution in [3.63, 3.8) is 0 Å². The maximum absolute atomic E-state index is 14.5. The molecule has 64 heavy (non-hydrogen) atoms. The van der Waals surface area contributed by atoms with Crippen LogP contribution in [0.4, 0.5) is 4.79 Å². The molecule has 13 atom stereocenters. The number of alkyl carbamates (subject to hydrolysis) is 1. The van der Waals surface area contributed by atoms with E-state index in [4.69, 9.17) is 33.2 Å². The number of aliphatic hydroxyl groups excluding tert-OH is 2. The van der Waals surface area contributed by atoms with Crippen LogP contribution in [0.2, 0.25) is 0 Å². The number of amides is 1. The molecule has 2 bridgehead atoms. The molecule has 0 radical (unpaired) electrons. The van der Waals surface area contributed by atoms with Crippen molar-refractivity contribution in [2.75, 3.05) is 26.3 Å². The molecule has 0 spiro atoms. The maximum Gasteiger partial charge on any atom is 0.408 e. The summed E-state index contributed by atoms with van der Waals surface area (Å²) < 4.78 is 44.9. The Morgan fingerprint density at radius 1 is 1.08 bits per heavy atom. The standard InChI is InChI=1S/C46H61N3O14S/c1-24-28(58-40(54)33(52)32(38-47-17-19-64-38)48-41(55)63-42(3,4)5)20-46(56)37(61-39(53)26-12-10-9-11-13-26)35-44(8,16-14-29-45(35,23-57-29)62-25(2)51)36-34(31(24)43(46,6)7)59-30(60-36)21-49-18-15-27(49)22-50/h9-13,17,19,27-30,32-37,50,52,56H,14-16,18,20-23H2,1-8H3,(H,48,55)/t27-,28-,29+,30+,32+,33+,34+,35-,36+,37-,44+,45-,46+/m0/s1. The number of aromatic nitrogens is 1. The van der Waals surface area contributed by atoms with Crippen LogP contribution in [0, 0.1) is 16.7 Å². The molecular weight excluding hydrogens is 851 g/mol. The highest BCUT2D eigenvalue weighted by molar-refractivity contribution is 7.09. The summed E-state index contributed by atoms with van der Waals surface area (Å²) in [6, 6.07) is 6.94. The third-order valence-corrected chi connectivity index (χ3v) is 15.5. The van der Waals surface area contributed by atoms with Crippen molar-refractivity contribution in [1.82, 2.24) is 15.2 Å². The second kappa shape index (κ2) is 17.0. The van der Waals surface area contributed by atoms with Gasteiger partial charge in [0.15, 0.2) is 18.0 Å². The van der Waals surface area contributed by atoms with E-state index in [-0.39, 0.29) is 36.2 Å². The van der Waals surface area contributed by atoms with Crippen molar-refractivity contribution >= 4 is 35.3 Å². The van der Waals surface area contributed by atoms with Gasteiger partial charge in [-0.2, -0.15) is 0 Å². The van der Waals surface area contributed by atoms with Crippen molar-refractivity contribution in [3.8, 4) is 0 Å². The highest BCUT2D eigenvalue weighted by Crippen LogP contribution is 2.66. The summed E-state index contributed by atoms with van der Waals surface area (Å²) in [7, 11) is 0. The van der Waals surface area contributed by atoms with Crippen LogP contribution >= 0.6 is 11.3 Å². The molecule has 2 aromatic rings. The zero-order valence-corrected chi connectivity index (χ0v) is 38.4. The number of likely N-dealkylation sites (tertiary alicyclic amines) is 1. The molecular formula is C46H61N3O14S. The van der Waals surface area contributed by atoms with Gasteiger partial charge in [-0.05, 0) is 70.2 Å². The molecule has 1 amide bonds. The van der Waals surface area contributed by atoms with Crippen molar-refractivity contribution in [2.24, 2.45) is 16.7 Å². The van der Waals surface area contributed by atoms with Crippen LogP contribution < -0.4 is 5.32 Å². The van der Waals surface area contributed by atoms with E-state index < -0.39 is 107 Å². The lowest BCUT2D eigenvalue weighted by Gasteiger charge is -2.68. The summed E-state index contributed by atoms with van der Waals surface area (Å²) in [5.74, 6) is -3.42. The number of esters is 3. The van der Waals surface area contributed by atoms with Gasteiger partial charge in [-0.15, -0.1) is 11.3 Å². The van der Waals surface area contributed by atoms with E-state index >= 15 is 0 Å². The van der Waals surface area contributed by atoms with Crippen LogP contribution in [0.1, 0.15) is 102 Å². The van der Waals surface area contributed by atoms with Gasteiger partial charge in [0.05, 0.1) is 30.8 Å². The number of nitrogens with one attached hydrogen (secondary N) is 1. The van der Waals surface area contributed by atoms with Crippen LogP contribution in [0.15, 0.2) is 53.1 Å². The monoisotopic (exact) mass is 911 g/mol. The summed E-state index contributed by atoms with van der Waals surface area (Å²) in [6.07, 6.45) is -5.79. The van der Waals surface area contributed by atoms with Gasteiger partial charge >= 0.3 is 24.0 Å². The van der Waals surface area contributed by atoms with Crippen LogP contribution in [0.5, 0.6) is 0 Å². The molecule has 3 saturated heterocycles. The van der Waals surface area contributed by atoms with Gasteiger partial charge in [0, 0.05) is 54.9 Å². The first kappa shape index (κ1) is 46.5. The topological polar surface area (TPSA) is 222 Å². The van der Waals surface area contributed by atoms with Crippen LogP contribution in [-0.2, 0) is 42.7 Å². The summed E-state index contributed by atoms with van der Waals surface area (Å²) in [4.78, 5) is 61.4. The third kappa shape index (κ3) is 7.94. The number of nitrogens with zero attached hydrogens (tertiary/aromatic N) is 2. The van der Waals surface area contributed by atoms with Crippen molar-refractivity contribution in [1.29, 1.82) is 0 Å². The van der Waals surface area contributed by atoms with Gasteiger partial charge in [-0.25, -0.2) is 19.4 Å². The van der Waals surface area contributed by atoms with Crippen LogP contribution in [0.25, 0.3) is 0 Å². The van der Waals surface area contributed by atoms with Gasteiger partial charge < -0.3 is 53.8 Å². The molecule has 18 heteroatoms. The number of ether oxygens (including phenoxy) is 7. The Bertz CT molecular complexity index is 2130. The Balaban J connectivity index is 1.26. The molecule has 5 fully saturated rings. The molecule has 350 valence electrons. The van der Waals surface area contributed by atoms with E-state index in [1.54, 1.807) is 63.4 Å². The minimum Gasteiger partial charge on any atom is -0.456 e. The van der Waals surface area contributed by atoms with Crippen LogP contribution in [-0.4, -0.2) is 141 Å². The lowest BCUT2D eigenvalue weighted by molar-refractivity contribution is -0.345. The summed E-state index contributed by atoms with van der Waals surface area (Å²) in [6.45, 7) is 14.8. The van der Waals surface area contributed by atoms with Crippen molar-refractivity contribution in [3.05, 3.63) is 63.6 Å². The number of carbonyl (C=O) groups is 4. The third-order valence-electron chi connectivity index (χ3n) is 14.6. The molecule has 17 nitrogen and oxygen atoms in total. The largest absolute Gasteiger partial charge is 0.456 e. The summed E-state index contributed by atoms with van der Waals surface area (Å²) >= 11 is 1.11. The Morgan fingerprint density at radius 3 is 2.41 bits per heavy atom. The number of thiazole rings is 1. The Morgan fingerprint density at radius 2 is 1.81 bits per heavy atom. The normalized spacial score (nSPS) is 36.2. The number of benzene rings is 1. The molecule has 8 rings (SSSR count). The Hall–Kier alpha value is -4.01. The quantitative estimate of drug-likeness (QED) is 0.142. The minimum atomic E-state index is -2.09. The molecule has 4 heterocycles. The predicted molar refractivity (Wildman–Crippen MR) is 227 cm³/mol. The molecule has 0 unspecified atom stereocenters. The fourth-order valence-corrected chi connectivity index (χ4v) is 12.1. The predicted octanol–water partition coefficient (Wildman–Crippen LogP) is 3.99. The second-order valence-corrected chi connectivity index (χ2v) is 20.9. The van der Waals surface area contributed by atoms with Gasteiger partial charge in [-0.3, -0.25) is 9.69 Å². The molecule has 1 aromatic carbocycles. The zero-order chi connectivity index (χ0) is 46.1. The smallest absolute Gasteiger partial charge is 0.408 e. The first-order valence-corrected chi connectivity index (χ1v) is 23.0. The number of fused-ring (bicyclic) bond motifs is 8. The van der Waals surface area contributed by atoms with E-state index in [1.165, 1.54) is 13.1 Å². The number of aliphatic hydroxyl groups is 3. The van der Waals surface area contributed by atoms with E-state index in [9.17, 15) is 34.5 Å². The minimum absolute atomic E-state index is 0.0277. The SMILES string of the molecule is CC(=O)O[C@@]12CO[C@@H]1CC[C@@]1(C)[C@@H]3O[C@H](CN4CC[C@H]4CO)O[C@@H]3C3=C(C)[C@@H](OC(=O)[C@H](O)[C@@H](NC(=O)OC(C)(C)C)c4nccs4)C[C@@](O)([C@@H](OC(=O)c4ccccc4)[C@@H]12)C3(C)C. The number of hydrogen-bond donors (Lipinski definition) is 4. The van der Waals surface area contributed by atoms with E-state index in [0.29, 0.717) is 30.5 Å². The lowest BCUT2D eigenvalue weighted by atomic mass is 9.45. The highest BCUT2D eigenvalue weighted by atomic mass is 32.1. The fourth-order valence-electron chi connectivity index (χ4n) is 11.3. The fraction of sp³-hybridized carbons (Fsp3) is 0.674. The Labute approximate surface area is 376 Å². The molecule has 3 aliphatic heterocycles. The first-order valence-electron chi connectivity index (χ1n) is 22.1. The average Bonchev–Trinajstić information content (AvgIpc) is 3.89. The van der Waals surface area contributed by atoms with E-state index in [1.807, 2.05) is 20.8 Å². The van der Waals surface area contributed by atoms with Crippen LogP contribution in [0.3, 0.4) is 0 Å². The van der Waals surface area contributed by atoms with Gasteiger partial charge in [0.25, 0.3) is 0 Å². The maximum atomic E-state index is 14.5. The van der Waals surface area contributed by atoms with E-state index in [2.05, 4.69) is 15.2 Å². The van der Waals surface area contributed by atoms with E-state index in [0.717, 1.165) is 24.3 Å². The number of hydrogen-bond acceptors (Lipinski definition) is 17. The first-order chi connectivity index (χ1) is 30.1. The molecule has 2 saturated carbocycles. The van der Waals surface area contributed by atoms with Crippen molar-refractivity contribution < 1.29 is 67.7 Å². The molecule has 4 N–H and O–H groups in total. The highest BCUT2D eigenvalue weighted by Gasteiger charge is 2.77. The Kier molecular flexibility index (Phi) is 12.4. The lowest BCUT2D eigenvalue weighted by Crippen LogP contribution is -2.79. The molecule has 3 aliphatic carbocycles.